The first kappa shape index (κ1) is 22.9. The number of hydrogen-bond acceptors (Lipinski definition) is 6. The van der Waals surface area contributed by atoms with E-state index in [1.54, 1.807) is 28.9 Å². The van der Waals surface area contributed by atoms with E-state index in [4.69, 9.17) is 0 Å². The summed E-state index contributed by atoms with van der Waals surface area (Å²) in [4.78, 5) is 14.3. The van der Waals surface area contributed by atoms with Crippen molar-refractivity contribution in [2.45, 2.75) is 39.4 Å². The third-order valence-electron chi connectivity index (χ3n) is 5.94. The van der Waals surface area contributed by atoms with Gasteiger partial charge >= 0.3 is 0 Å². The number of amides is 1. The van der Waals surface area contributed by atoms with Gasteiger partial charge in [-0.1, -0.05) is 35.5 Å². The zero-order valence-electron chi connectivity index (χ0n) is 19.0. The molecule has 0 bridgehead atoms. The first-order valence-corrected chi connectivity index (χ1v) is 12.7. The van der Waals surface area contributed by atoms with Gasteiger partial charge in [-0.05, 0) is 31.9 Å². The molecule has 174 valence electrons. The van der Waals surface area contributed by atoms with Crippen molar-refractivity contribution in [3.05, 3.63) is 70.8 Å². The Balaban J connectivity index is 1.39. The van der Waals surface area contributed by atoms with Gasteiger partial charge in [0.25, 0.3) is 0 Å². The second-order valence-electron chi connectivity index (χ2n) is 8.51. The van der Waals surface area contributed by atoms with Crippen molar-refractivity contribution in [3.8, 4) is 0 Å². The molecule has 1 aliphatic rings. The lowest BCUT2D eigenvalue weighted by Crippen LogP contribution is -2.24. The summed E-state index contributed by atoms with van der Waals surface area (Å²) >= 11 is 0. The number of hydrogen-bond donors (Lipinski definition) is 0. The van der Waals surface area contributed by atoms with Gasteiger partial charge in [0.1, 0.15) is 5.69 Å². The lowest BCUT2D eigenvalue weighted by molar-refractivity contribution is -0.125. The number of aryl methyl sites for hydroxylation is 1. The summed E-state index contributed by atoms with van der Waals surface area (Å²) in [5, 5.41) is 12.8. The summed E-state index contributed by atoms with van der Waals surface area (Å²) in [6.45, 7) is 4.82. The van der Waals surface area contributed by atoms with Gasteiger partial charge in [0.05, 0.1) is 36.0 Å². The Morgan fingerprint density at radius 3 is 2.70 bits per heavy atom. The van der Waals surface area contributed by atoms with Gasteiger partial charge < -0.3 is 4.90 Å². The lowest BCUT2D eigenvalue weighted by atomic mass is 10.1. The Morgan fingerprint density at radius 1 is 1.24 bits per heavy atom. The minimum Gasteiger partial charge on any atom is -0.338 e. The van der Waals surface area contributed by atoms with Gasteiger partial charge in [0, 0.05) is 30.9 Å². The van der Waals surface area contributed by atoms with Crippen LogP contribution < -0.4 is 0 Å². The molecular weight excluding hydrogens is 440 g/mol. The zero-order valence-corrected chi connectivity index (χ0v) is 19.9. The Bertz CT molecular complexity index is 1280. The third kappa shape index (κ3) is 5.39. The number of carbonyl (C=O) groups excluding carboxylic acids is 1. The van der Waals surface area contributed by atoms with Crippen LogP contribution in [0, 0.1) is 13.8 Å². The fourth-order valence-electron chi connectivity index (χ4n) is 4.09. The first-order chi connectivity index (χ1) is 15.7. The van der Waals surface area contributed by atoms with Crippen molar-refractivity contribution in [1.29, 1.82) is 0 Å². The van der Waals surface area contributed by atoms with E-state index in [-0.39, 0.29) is 23.5 Å². The van der Waals surface area contributed by atoms with Gasteiger partial charge in [-0.2, -0.15) is 5.10 Å². The maximum atomic E-state index is 12.7. The highest BCUT2D eigenvalue weighted by Crippen LogP contribution is 2.27. The predicted molar refractivity (Wildman–Crippen MR) is 125 cm³/mol. The standard InChI is InChI=1S/C23H28N6O3S/c1-17-22(18(2)29(25-17)21-11-12-33(31,32)16-21)15-27(3)23(30)10-9-20-14-28(26-24-20)13-19-7-5-4-6-8-19/h4-10,14,21H,11-13,15-16H2,1-3H3. The van der Waals surface area contributed by atoms with Crippen LogP contribution in [0.3, 0.4) is 0 Å². The van der Waals surface area contributed by atoms with Crippen molar-refractivity contribution in [2.75, 3.05) is 18.6 Å². The minimum atomic E-state index is -3.00. The third-order valence-corrected chi connectivity index (χ3v) is 7.69. The van der Waals surface area contributed by atoms with E-state index < -0.39 is 9.84 Å². The Morgan fingerprint density at radius 2 is 2.00 bits per heavy atom. The van der Waals surface area contributed by atoms with E-state index >= 15 is 0 Å². The second kappa shape index (κ2) is 9.30. The largest absolute Gasteiger partial charge is 0.338 e. The highest BCUT2D eigenvalue weighted by molar-refractivity contribution is 7.91. The molecule has 33 heavy (non-hydrogen) atoms. The Labute approximate surface area is 193 Å². The van der Waals surface area contributed by atoms with Crippen molar-refractivity contribution in [3.63, 3.8) is 0 Å². The Hall–Kier alpha value is -3.27. The molecule has 1 fully saturated rings. The topological polar surface area (TPSA) is 103 Å². The highest BCUT2D eigenvalue weighted by Gasteiger charge is 2.31. The molecule has 3 heterocycles. The van der Waals surface area contributed by atoms with E-state index in [0.717, 1.165) is 22.5 Å². The molecule has 3 aromatic rings. The number of aromatic nitrogens is 5. The van der Waals surface area contributed by atoms with Crippen molar-refractivity contribution >= 4 is 21.8 Å². The first-order valence-electron chi connectivity index (χ1n) is 10.8. The van der Waals surface area contributed by atoms with Crippen LogP contribution in [0.15, 0.2) is 42.6 Å². The molecule has 1 aromatic carbocycles. The van der Waals surface area contributed by atoms with Crippen LogP contribution in [0.1, 0.15) is 40.7 Å². The molecular formula is C23H28N6O3S. The molecule has 4 rings (SSSR count). The van der Waals surface area contributed by atoms with Crippen LogP contribution in [0.4, 0.5) is 0 Å². The fourth-order valence-corrected chi connectivity index (χ4v) is 5.78. The number of carbonyl (C=O) groups is 1. The molecule has 1 unspecified atom stereocenters. The molecule has 2 aromatic heterocycles. The van der Waals surface area contributed by atoms with E-state index in [1.807, 2.05) is 48.9 Å². The van der Waals surface area contributed by atoms with Gasteiger partial charge in [0.15, 0.2) is 9.84 Å². The molecule has 1 saturated heterocycles. The quantitative estimate of drug-likeness (QED) is 0.493. The number of likely N-dealkylation sites (N-methyl/N-ethyl adjacent to an activating group) is 1. The van der Waals surface area contributed by atoms with Crippen LogP contribution in [-0.2, 0) is 27.7 Å². The molecule has 0 aliphatic carbocycles. The van der Waals surface area contributed by atoms with Gasteiger partial charge in [-0.25, -0.2) is 13.1 Å². The van der Waals surface area contributed by atoms with E-state index in [0.29, 0.717) is 25.2 Å². The molecule has 0 spiro atoms. The summed E-state index contributed by atoms with van der Waals surface area (Å²) in [6.07, 6.45) is 5.51. The second-order valence-corrected chi connectivity index (χ2v) is 10.7. The normalized spacial score (nSPS) is 17.6. The number of rotatable bonds is 7. The van der Waals surface area contributed by atoms with Crippen molar-refractivity contribution < 1.29 is 13.2 Å². The van der Waals surface area contributed by atoms with Crippen LogP contribution in [0.25, 0.3) is 6.08 Å². The highest BCUT2D eigenvalue weighted by atomic mass is 32.2. The summed E-state index contributed by atoms with van der Waals surface area (Å²) in [7, 11) is -1.27. The average molecular weight is 469 g/mol. The smallest absolute Gasteiger partial charge is 0.246 e. The van der Waals surface area contributed by atoms with Gasteiger partial charge in [0.2, 0.25) is 5.91 Å². The van der Waals surface area contributed by atoms with Crippen LogP contribution in [-0.4, -0.2) is 62.6 Å². The molecule has 1 amide bonds. The molecule has 1 atom stereocenters. The van der Waals surface area contributed by atoms with Crippen LogP contribution in [0.2, 0.25) is 0 Å². The molecule has 10 heteroatoms. The van der Waals surface area contributed by atoms with E-state index in [1.165, 1.54) is 6.08 Å². The predicted octanol–water partition coefficient (Wildman–Crippen LogP) is 2.17. The number of benzene rings is 1. The SMILES string of the molecule is Cc1nn(C2CCS(=O)(=O)C2)c(C)c1CN(C)C(=O)C=Cc1cn(Cc2ccccc2)nn1. The fraction of sp³-hybridized carbons (Fsp3) is 0.391. The summed E-state index contributed by atoms with van der Waals surface area (Å²) < 4.78 is 27.3. The lowest BCUT2D eigenvalue weighted by Gasteiger charge is -2.16. The molecule has 9 nitrogen and oxygen atoms in total. The number of sulfone groups is 1. The molecule has 0 radical (unpaired) electrons. The van der Waals surface area contributed by atoms with E-state index in [2.05, 4.69) is 15.4 Å². The van der Waals surface area contributed by atoms with Gasteiger partial charge in [-0.15, -0.1) is 5.10 Å². The zero-order chi connectivity index (χ0) is 23.6. The average Bonchev–Trinajstić information content (AvgIpc) is 3.46. The van der Waals surface area contributed by atoms with Crippen molar-refractivity contribution in [2.24, 2.45) is 0 Å². The summed E-state index contributed by atoms with van der Waals surface area (Å²) in [5.41, 5.74) is 4.38. The maximum absolute atomic E-state index is 12.7. The van der Waals surface area contributed by atoms with Gasteiger partial charge in [-0.3, -0.25) is 9.48 Å². The Kier molecular flexibility index (Phi) is 6.46. The number of nitrogens with zero attached hydrogens (tertiary/aromatic N) is 6. The maximum Gasteiger partial charge on any atom is 0.246 e. The van der Waals surface area contributed by atoms with Crippen LogP contribution >= 0.6 is 0 Å². The summed E-state index contributed by atoms with van der Waals surface area (Å²) in [6, 6.07) is 9.83. The van der Waals surface area contributed by atoms with Crippen molar-refractivity contribution in [1.82, 2.24) is 29.7 Å². The molecule has 0 saturated carbocycles. The molecule has 1 aliphatic heterocycles. The van der Waals surface area contributed by atoms with E-state index in [9.17, 15) is 13.2 Å². The minimum absolute atomic E-state index is 0.122. The van der Waals surface area contributed by atoms with Crippen LogP contribution in [0.5, 0.6) is 0 Å². The molecule has 0 N–H and O–H groups in total. The monoisotopic (exact) mass is 468 g/mol. The summed E-state index contributed by atoms with van der Waals surface area (Å²) in [5.74, 6) is 0.157.